The van der Waals surface area contributed by atoms with Gasteiger partial charge in [0.05, 0.1) is 19.4 Å². The fraction of sp³-hybridized carbons (Fsp3) is 0.217. The van der Waals surface area contributed by atoms with E-state index in [0.29, 0.717) is 27.2 Å². The van der Waals surface area contributed by atoms with Crippen LogP contribution in [0.2, 0.25) is 0 Å². The first-order valence-corrected chi connectivity index (χ1v) is 11.0. The van der Waals surface area contributed by atoms with Crippen molar-refractivity contribution in [2.45, 2.75) is 6.92 Å². The molecule has 0 unspecified atom stereocenters. The second-order valence-corrected chi connectivity index (χ2v) is 7.82. The minimum atomic E-state index is -0.740. The number of anilines is 1. The highest BCUT2D eigenvalue weighted by Gasteiger charge is 2.35. The number of nitrogens with zero attached hydrogens (tertiary/aromatic N) is 1. The van der Waals surface area contributed by atoms with Crippen LogP contribution in [-0.4, -0.2) is 55.6 Å². The molecule has 1 fully saturated rings. The minimum absolute atomic E-state index is 0.0471. The van der Waals surface area contributed by atoms with Crippen molar-refractivity contribution in [3.63, 3.8) is 0 Å². The molecule has 3 rings (SSSR count). The maximum Gasteiger partial charge on any atom is 0.344 e. The van der Waals surface area contributed by atoms with Crippen molar-refractivity contribution in [3.8, 4) is 11.5 Å². The summed E-state index contributed by atoms with van der Waals surface area (Å²) in [4.78, 5) is 50.1. The number of hydrogen-bond acceptors (Lipinski definition) is 7. The Hall–Kier alpha value is -3.86. The summed E-state index contributed by atoms with van der Waals surface area (Å²) in [6, 6.07) is 11.0. The molecule has 10 nitrogen and oxygen atoms in total. The highest BCUT2D eigenvalue weighted by atomic mass is 79.9. The number of hydrogen-bond donors (Lipinski definition) is 2. The lowest BCUT2D eigenvalue weighted by Gasteiger charge is -2.13. The number of benzene rings is 2. The van der Waals surface area contributed by atoms with E-state index in [1.54, 1.807) is 49.4 Å². The third-order valence-corrected chi connectivity index (χ3v) is 5.06. The lowest BCUT2D eigenvalue weighted by Crippen LogP contribution is -2.38. The first-order chi connectivity index (χ1) is 16.3. The number of amides is 4. The Morgan fingerprint density at radius 2 is 1.91 bits per heavy atom. The highest BCUT2D eigenvalue weighted by Crippen LogP contribution is 2.27. The van der Waals surface area contributed by atoms with Crippen molar-refractivity contribution >= 4 is 51.5 Å². The maximum atomic E-state index is 12.8. The summed E-state index contributed by atoms with van der Waals surface area (Å²) in [7, 11) is 1.46. The summed E-state index contributed by atoms with van der Waals surface area (Å²) >= 11 is 3.34. The first kappa shape index (κ1) is 24.8. The number of methoxy groups -OCH3 is 1. The zero-order valence-corrected chi connectivity index (χ0v) is 20.0. The van der Waals surface area contributed by atoms with Gasteiger partial charge >= 0.3 is 12.0 Å². The fourth-order valence-corrected chi connectivity index (χ4v) is 3.43. The van der Waals surface area contributed by atoms with Gasteiger partial charge in [0.2, 0.25) is 5.91 Å². The van der Waals surface area contributed by atoms with Crippen LogP contribution >= 0.6 is 15.9 Å². The third kappa shape index (κ3) is 6.13. The van der Waals surface area contributed by atoms with Crippen LogP contribution in [0, 0.1) is 0 Å². The average Bonchev–Trinajstić information content (AvgIpc) is 3.06. The lowest BCUT2D eigenvalue weighted by atomic mass is 10.1. The van der Waals surface area contributed by atoms with Gasteiger partial charge in [0.1, 0.15) is 23.7 Å². The van der Waals surface area contributed by atoms with E-state index in [4.69, 9.17) is 14.2 Å². The molecule has 1 aliphatic heterocycles. The Labute approximate surface area is 204 Å². The number of imide groups is 1. The molecule has 0 aliphatic carbocycles. The lowest BCUT2D eigenvalue weighted by molar-refractivity contribution is -0.145. The van der Waals surface area contributed by atoms with Crippen molar-refractivity contribution in [2.24, 2.45) is 0 Å². The molecule has 2 N–H and O–H groups in total. The van der Waals surface area contributed by atoms with Gasteiger partial charge in [-0.05, 0) is 43.3 Å². The van der Waals surface area contributed by atoms with Gasteiger partial charge in [-0.1, -0.05) is 28.1 Å². The molecule has 178 valence electrons. The molecule has 0 bridgehead atoms. The Kier molecular flexibility index (Phi) is 8.25. The number of esters is 1. The first-order valence-electron chi connectivity index (χ1n) is 10.2. The predicted octanol–water partition coefficient (Wildman–Crippen LogP) is 2.93. The molecule has 2 aromatic carbocycles. The second-order valence-electron chi connectivity index (χ2n) is 6.90. The number of ether oxygens (including phenoxy) is 3. The molecule has 2 aromatic rings. The van der Waals surface area contributed by atoms with Crippen molar-refractivity contribution in [2.75, 3.05) is 32.2 Å². The van der Waals surface area contributed by atoms with Crippen LogP contribution in [0.3, 0.4) is 0 Å². The topological polar surface area (TPSA) is 123 Å². The molecule has 0 spiro atoms. The standard InChI is InChI=1S/C23H22BrN3O7/c1-3-33-21(29)13-34-18-9-8-15(24)10-14(18)11-17-22(30)27(23(31)26-17)12-20(28)25-16-6-4-5-7-19(16)32-2/h4-11H,3,12-13H2,1-2H3,(H,25,28)(H,26,31)/b17-11+. The van der Waals surface area contributed by atoms with Crippen molar-refractivity contribution < 1.29 is 33.4 Å². The van der Waals surface area contributed by atoms with Crippen molar-refractivity contribution in [3.05, 3.63) is 58.2 Å². The fourth-order valence-electron chi connectivity index (χ4n) is 3.05. The van der Waals surface area contributed by atoms with Gasteiger partial charge in [-0.2, -0.15) is 0 Å². The van der Waals surface area contributed by atoms with Gasteiger partial charge < -0.3 is 24.8 Å². The van der Waals surface area contributed by atoms with Crippen LogP contribution in [0.25, 0.3) is 6.08 Å². The zero-order chi connectivity index (χ0) is 24.7. The van der Waals surface area contributed by atoms with Crippen molar-refractivity contribution in [1.29, 1.82) is 0 Å². The summed E-state index contributed by atoms with van der Waals surface area (Å²) in [5.74, 6) is -1.05. The van der Waals surface area contributed by atoms with Gasteiger partial charge in [-0.25, -0.2) is 14.5 Å². The molecule has 0 saturated carbocycles. The van der Waals surface area contributed by atoms with E-state index in [-0.39, 0.29) is 18.9 Å². The molecular weight excluding hydrogens is 510 g/mol. The Morgan fingerprint density at radius 3 is 2.65 bits per heavy atom. The number of carbonyl (C=O) groups excluding carboxylic acids is 4. The molecule has 1 heterocycles. The van der Waals surface area contributed by atoms with E-state index in [9.17, 15) is 19.2 Å². The largest absolute Gasteiger partial charge is 0.495 e. The summed E-state index contributed by atoms with van der Waals surface area (Å²) < 4.78 is 16.2. The molecular formula is C23H22BrN3O7. The number of para-hydroxylation sites is 2. The predicted molar refractivity (Wildman–Crippen MR) is 126 cm³/mol. The SMILES string of the molecule is CCOC(=O)COc1ccc(Br)cc1/C=C1/NC(=O)N(CC(=O)Nc2ccccc2OC)C1=O. The van der Waals surface area contributed by atoms with Crippen LogP contribution < -0.4 is 20.1 Å². The van der Waals surface area contributed by atoms with Gasteiger partial charge in [0.15, 0.2) is 6.61 Å². The summed E-state index contributed by atoms with van der Waals surface area (Å²) in [6.07, 6.45) is 1.41. The average molecular weight is 532 g/mol. The Bertz CT molecular complexity index is 1150. The van der Waals surface area contributed by atoms with Crippen LogP contribution in [0.4, 0.5) is 10.5 Å². The van der Waals surface area contributed by atoms with Gasteiger partial charge in [0.25, 0.3) is 5.91 Å². The quantitative estimate of drug-likeness (QED) is 0.289. The van der Waals surface area contributed by atoms with E-state index in [1.165, 1.54) is 13.2 Å². The maximum absolute atomic E-state index is 12.8. The molecule has 0 radical (unpaired) electrons. The molecule has 1 aliphatic rings. The number of halogens is 1. The van der Waals surface area contributed by atoms with E-state index in [1.807, 2.05) is 0 Å². The summed E-state index contributed by atoms with van der Waals surface area (Å²) in [5.41, 5.74) is 0.798. The normalized spacial score (nSPS) is 14.1. The Morgan fingerprint density at radius 1 is 1.15 bits per heavy atom. The molecule has 34 heavy (non-hydrogen) atoms. The van der Waals surface area contributed by atoms with Gasteiger partial charge in [-0.15, -0.1) is 0 Å². The number of rotatable bonds is 9. The minimum Gasteiger partial charge on any atom is -0.495 e. The monoisotopic (exact) mass is 531 g/mol. The van der Waals surface area contributed by atoms with Gasteiger partial charge in [0, 0.05) is 10.0 Å². The zero-order valence-electron chi connectivity index (χ0n) is 18.4. The molecule has 0 aromatic heterocycles. The van der Waals surface area contributed by atoms with E-state index in [0.717, 1.165) is 4.90 Å². The summed E-state index contributed by atoms with van der Waals surface area (Å²) in [6.45, 7) is 1.09. The van der Waals surface area contributed by atoms with E-state index >= 15 is 0 Å². The third-order valence-electron chi connectivity index (χ3n) is 4.57. The van der Waals surface area contributed by atoms with Crippen molar-refractivity contribution in [1.82, 2.24) is 10.2 Å². The van der Waals surface area contributed by atoms with E-state index < -0.39 is 30.4 Å². The van der Waals surface area contributed by atoms with Gasteiger partial charge in [-0.3, -0.25) is 9.59 Å². The number of carbonyl (C=O) groups is 4. The Balaban J connectivity index is 1.74. The van der Waals surface area contributed by atoms with Crippen LogP contribution in [0.15, 0.2) is 52.6 Å². The van der Waals surface area contributed by atoms with Crippen LogP contribution in [-0.2, 0) is 19.1 Å². The van der Waals surface area contributed by atoms with Crippen LogP contribution in [0.1, 0.15) is 12.5 Å². The second kappa shape index (κ2) is 11.3. The van der Waals surface area contributed by atoms with Crippen LogP contribution in [0.5, 0.6) is 11.5 Å². The molecule has 0 atom stereocenters. The highest BCUT2D eigenvalue weighted by molar-refractivity contribution is 9.10. The number of urea groups is 1. The number of nitrogens with one attached hydrogen (secondary N) is 2. The van der Waals surface area contributed by atoms with E-state index in [2.05, 4.69) is 26.6 Å². The summed E-state index contributed by atoms with van der Waals surface area (Å²) in [5, 5.41) is 5.08. The smallest absolute Gasteiger partial charge is 0.344 e. The molecule has 11 heteroatoms. The molecule has 1 saturated heterocycles. The molecule has 4 amide bonds.